The summed E-state index contributed by atoms with van der Waals surface area (Å²) >= 11 is 3.63. The maximum absolute atomic E-state index is 11.5. The van der Waals surface area contributed by atoms with Gasteiger partial charge < -0.3 is 25.4 Å². The Morgan fingerprint density at radius 2 is 1.90 bits per heavy atom. The summed E-state index contributed by atoms with van der Waals surface area (Å²) in [4.78, 5) is 11.5. The number of nitrogens with one attached hydrogen (secondary N) is 3. The van der Waals surface area contributed by atoms with Gasteiger partial charge in [-0.05, 0) is 58.5 Å². The van der Waals surface area contributed by atoms with E-state index in [1.165, 1.54) is 0 Å². The van der Waals surface area contributed by atoms with Crippen LogP contribution in [-0.2, 0) is 13.2 Å². The Hall–Kier alpha value is -2.25. The lowest BCUT2D eigenvalue weighted by Crippen LogP contribution is -2.46. The highest BCUT2D eigenvalue weighted by molar-refractivity contribution is 9.10. The summed E-state index contributed by atoms with van der Waals surface area (Å²) in [7, 11) is 1.66. The maximum Gasteiger partial charge on any atom is 0.315 e. The first kappa shape index (κ1) is 20.0. The standard InChI is InChI=1S/C22H26BrN3O3/c1-28-20-10-15(9-17(23)21(20)29-13-14-5-3-2-4-6-14)12-24-16-7-8-18-19(11-16)26-22(27)25-18/h2-6,9-10,16,18-19,24H,7-8,11-13H2,1H3,(H2,25,26,27). The second-order valence-corrected chi connectivity index (χ2v) is 8.46. The van der Waals surface area contributed by atoms with Crippen molar-refractivity contribution in [3.8, 4) is 11.5 Å². The van der Waals surface area contributed by atoms with E-state index in [1.807, 2.05) is 36.4 Å². The predicted octanol–water partition coefficient (Wildman–Crippen LogP) is 3.73. The van der Waals surface area contributed by atoms with Gasteiger partial charge >= 0.3 is 6.03 Å². The van der Waals surface area contributed by atoms with Crippen LogP contribution in [0.2, 0.25) is 0 Å². The van der Waals surface area contributed by atoms with Gasteiger partial charge in [-0.2, -0.15) is 0 Å². The molecule has 0 radical (unpaired) electrons. The van der Waals surface area contributed by atoms with Crippen molar-refractivity contribution in [3.05, 3.63) is 58.1 Å². The smallest absolute Gasteiger partial charge is 0.315 e. The normalized spacial score (nSPS) is 23.1. The van der Waals surface area contributed by atoms with E-state index < -0.39 is 0 Å². The van der Waals surface area contributed by atoms with Crippen molar-refractivity contribution in [1.29, 1.82) is 0 Å². The summed E-state index contributed by atoms with van der Waals surface area (Å²) in [5, 5.41) is 9.63. The van der Waals surface area contributed by atoms with Gasteiger partial charge in [0.1, 0.15) is 6.61 Å². The fourth-order valence-corrected chi connectivity index (χ4v) is 4.68. The van der Waals surface area contributed by atoms with Gasteiger partial charge in [-0.3, -0.25) is 0 Å². The summed E-state index contributed by atoms with van der Waals surface area (Å²) in [5.41, 5.74) is 2.23. The molecule has 1 saturated carbocycles. The average Bonchev–Trinajstić information content (AvgIpc) is 3.11. The van der Waals surface area contributed by atoms with E-state index in [4.69, 9.17) is 9.47 Å². The molecule has 1 heterocycles. The lowest BCUT2D eigenvalue weighted by molar-refractivity contribution is 0.247. The number of rotatable bonds is 7. The van der Waals surface area contributed by atoms with Crippen LogP contribution in [0.15, 0.2) is 46.9 Å². The fourth-order valence-electron chi connectivity index (χ4n) is 4.07. The molecule has 1 aliphatic heterocycles. The number of carbonyl (C=O) groups is 1. The van der Waals surface area contributed by atoms with Crippen LogP contribution in [0.4, 0.5) is 4.79 Å². The van der Waals surface area contributed by atoms with Crippen molar-refractivity contribution in [1.82, 2.24) is 16.0 Å². The van der Waals surface area contributed by atoms with Gasteiger partial charge in [-0.25, -0.2) is 4.79 Å². The minimum Gasteiger partial charge on any atom is -0.493 e. The van der Waals surface area contributed by atoms with Crippen LogP contribution in [0, 0.1) is 0 Å². The van der Waals surface area contributed by atoms with Crippen molar-refractivity contribution in [3.63, 3.8) is 0 Å². The van der Waals surface area contributed by atoms with Gasteiger partial charge in [0.05, 0.1) is 23.7 Å². The monoisotopic (exact) mass is 459 g/mol. The zero-order valence-electron chi connectivity index (χ0n) is 16.4. The molecule has 3 unspecified atom stereocenters. The van der Waals surface area contributed by atoms with Crippen molar-refractivity contribution >= 4 is 22.0 Å². The topological polar surface area (TPSA) is 71.6 Å². The highest BCUT2D eigenvalue weighted by atomic mass is 79.9. The number of fused-ring (bicyclic) bond motifs is 1. The SMILES string of the molecule is COc1cc(CNC2CCC3NC(=O)NC3C2)cc(Br)c1OCc1ccccc1. The number of carbonyl (C=O) groups excluding carboxylic acids is 1. The molecule has 0 bridgehead atoms. The molecule has 2 amide bonds. The predicted molar refractivity (Wildman–Crippen MR) is 115 cm³/mol. The minimum atomic E-state index is -0.0413. The Bertz CT molecular complexity index is 862. The zero-order valence-corrected chi connectivity index (χ0v) is 18.0. The lowest BCUT2D eigenvalue weighted by Gasteiger charge is -2.31. The number of ether oxygens (including phenoxy) is 2. The molecule has 3 N–H and O–H groups in total. The quantitative estimate of drug-likeness (QED) is 0.589. The van der Waals surface area contributed by atoms with Gasteiger partial charge in [0.25, 0.3) is 0 Å². The van der Waals surface area contributed by atoms with E-state index >= 15 is 0 Å². The van der Waals surface area contributed by atoms with Crippen LogP contribution >= 0.6 is 15.9 Å². The van der Waals surface area contributed by atoms with E-state index in [0.29, 0.717) is 24.1 Å². The molecular formula is C22H26BrN3O3. The summed E-state index contributed by atoms with van der Waals surface area (Å²) in [6.07, 6.45) is 3.00. The molecule has 6 nitrogen and oxygen atoms in total. The third kappa shape index (κ3) is 4.85. The van der Waals surface area contributed by atoms with Crippen LogP contribution < -0.4 is 25.4 Å². The van der Waals surface area contributed by atoms with E-state index in [2.05, 4.69) is 37.9 Å². The highest BCUT2D eigenvalue weighted by Crippen LogP contribution is 2.37. The summed E-state index contributed by atoms with van der Waals surface area (Å²) in [6, 6.07) is 15.0. The van der Waals surface area contributed by atoms with Crippen LogP contribution in [0.25, 0.3) is 0 Å². The van der Waals surface area contributed by atoms with Gasteiger partial charge in [-0.15, -0.1) is 0 Å². The molecular weight excluding hydrogens is 434 g/mol. The van der Waals surface area contributed by atoms with E-state index in [-0.39, 0.29) is 18.1 Å². The molecule has 1 saturated heterocycles. The van der Waals surface area contributed by atoms with Crippen LogP contribution in [0.1, 0.15) is 30.4 Å². The first-order chi connectivity index (χ1) is 14.1. The Morgan fingerprint density at radius 1 is 1.10 bits per heavy atom. The van der Waals surface area contributed by atoms with Gasteiger partial charge in [0.15, 0.2) is 11.5 Å². The summed E-state index contributed by atoms with van der Waals surface area (Å²) in [6.45, 7) is 1.22. The molecule has 29 heavy (non-hydrogen) atoms. The molecule has 2 aliphatic rings. The second-order valence-electron chi connectivity index (χ2n) is 7.60. The fraction of sp³-hybridized carbons (Fsp3) is 0.409. The number of methoxy groups -OCH3 is 1. The van der Waals surface area contributed by atoms with Crippen molar-refractivity contribution < 1.29 is 14.3 Å². The van der Waals surface area contributed by atoms with Crippen LogP contribution in [0.5, 0.6) is 11.5 Å². The average molecular weight is 460 g/mol. The Morgan fingerprint density at radius 3 is 2.69 bits per heavy atom. The second kappa shape index (κ2) is 9.05. The van der Waals surface area contributed by atoms with Gasteiger partial charge in [-0.1, -0.05) is 30.3 Å². The third-order valence-corrected chi connectivity index (χ3v) is 6.18. The number of hydrogen-bond acceptors (Lipinski definition) is 4. The third-order valence-electron chi connectivity index (χ3n) is 5.59. The van der Waals surface area contributed by atoms with Crippen LogP contribution in [-0.4, -0.2) is 31.3 Å². The van der Waals surface area contributed by atoms with Crippen molar-refractivity contribution in [2.24, 2.45) is 0 Å². The zero-order chi connectivity index (χ0) is 20.2. The lowest BCUT2D eigenvalue weighted by atomic mass is 9.88. The first-order valence-corrected chi connectivity index (χ1v) is 10.7. The largest absolute Gasteiger partial charge is 0.493 e. The summed E-state index contributed by atoms with van der Waals surface area (Å²) < 4.78 is 12.5. The van der Waals surface area contributed by atoms with E-state index in [0.717, 1.165) is 41.4 Å². The van der Waals surface area contributed by atoms with Gasteiger partial charge in [0, 0.05) is 12.6 Å². The van der Waals surface area contributed by atoms with Crippen LogP contribution in [0.3, 0.4) is 0 Å². The molecule has 4 rings (SSSR count). The Labute approximate surface area is 179 Å². The molecule has 154 valence electrons. The number of amides is 2. The Kier molecular flexibility index (Phi) is 6.25. The van der Waals surface area contributed by atoms with Crippen molar-refractivity contribution in [2.45, 2.75) is 50.5 Å². The number of hydrogen-bond donors (Lipinski definition) is 3. The number of benzene rings is 2. The number of urea groups is 1. The first-order valence-electron chi connectivity index (χ1n) is 9.96. The Balaban J connectivity index is 1.37. The summed E-state index contributed by atoms with van der Waals surface area (Å²) in [5.74, 6) is 1.42. The van der Waals surface area contributed by atoms with E-state index in [9.17, 15) is 4.79 Å². The maximum atomic E-state index is 11.5. The molecule has 2 fully saturated rings. The minimum absolute atomic E-state index is 0.0413. The van der Waals surface area contributed by atoms with Crippen molar-refractivity contribution in [2.75, 3.05) is 7.11 Å². The highest BCUT2D eigenvalue weighted by Gasteiger charge is 2.36. The molecule has 3 atom stereocenters. The molecule has 7 heteroatoms. The van der Waals surface area contributed by atoms with Gasteiger partial charge in [0.2, 0.25) is 0 Å². The molecule has 2 aromatic rings. The van der Waals surface area contributed by atoms with E-state index in [1.54, 1.807) is 7.11 Å². The molecule has 2 aromatic carbocycles. The molecule has 1 aliphatic carbocycles. The molecule has 0 spiro atoms. The number of halogens is 1. The molecule has 0 aromatic heterocycles.